The van der Waals surface area contributed by atoms with E-state index >= 15 is 0 Å². The topological polar surface area (TPSA) is 44.2 Å². The highest BCUT2D eigenvalue weighted by Crippen LogP contribution is 2.16. The van der Waals surface area contributed by atoms with Crippen molar-refractivity contribution in [3.05, 3.63) is 48.8 Å². The zero-order chi connectivity index (χ0) is 12.1. The molecule has 0 aliphatic rings. The summed E-state index contributed by atoms with van der Waals surface area (Å²) < 4.78 is 11.5. The zero-order valence-electron chi connectivity index (χ0n) is 9.83. The van der Waals surface area contributed by atoms with Crippen LogP contribution in [-0.2, 0) is 0 Å². The summed E-state index contributed by atoms with van der Waals surface area (Å²) in [7, 11) is -2.31. The first kappa shape index (κ1) is 11.6. The number of rotatable bonds is 4. The van der Waals surface area contributed by atoms with Gasteiger partial charge in [0.25, 0.3) is 0 Å². The van der Waals surface area contributed by atoms with Crippen LogP contribution < -0.4 is 8.85 Å². The molecule has 0 aliphatic heterocycles. The minimum atomic E-state index is -2.31. The third-order valence-corrected chi connectivity index (χ3v) is 3.38. The largest absolute Gasteiger partial charge is 0.498 e. The summed E-state index contributed by atoms with van der Waals surface area (Å²) in [4.78, 5) is 8.24. The molecule has 88 valence electrons. The Bertz CT molecular complexity index is 419. The maximum Gasteiger partial charge on any atom is 0.456 e. The van der Waals surface area contributed by atoms with Crippen LogP contribution in [-0.4, -0.2) is 18.5 Å². The van der Waals surface area contributed by atoms with Crippen molar-refractivity contribution in [2.75, 3.05) is 0 Å². The van der Waals surface area contributed by atoms with Crippen LogP contribution in [0.4, 0.5) is 0 Å². The summed E-state index contributed by atoms with van der Waals surface area (Å²) in [6.07, 6.45) is 3.39. The summed E-state index contributed by atoms with van der Waals surface area (Å²) in [6.45, 7) is 3.91. The zero-order valence-corrected chi connectivity index (χ0v) is 10.8. The van der Waals surface area contributed by atoms with Crippen molar-refractivity contribution >= 4 is 8.56 Å². The molecule has 4 nitrogen and oxygen atoms in total. The van der Waals surface area contributed by atoms with Crippen molar-refractivity contribution < 1.29 is 8.85 Å². The van der Waals surface area contributed by atoms with Gasteiger partial charge in [0.2, 0.25) is 11.8 Å². The quantitative estimate of drug-likeness (QED) is 0.778. The molecular formula is C12H14N2O2Si. The number of aromatic nitrogens is 2. The monoisotopic (exact) mass is 246 g/mol. The van der Waals surface area contributed by atoms with Gasteiger partial charge in [-0.3, -0.25) is 0 Å². The second-order valence-electron chi connectivity index (χ2n) is 3.94. The van der Waals surface area contributed by atoms with Gasteiger partial charge in [-0.1, -0.05) is 12.1 Å². The molecular weight excluding hydrogens is 232 g/mol. The van der Waals surface area contributed by atoms with Crippen LogP contribution in [0.15, 0.2) is 48.8 Å². The molecule has 0 saturated heterocycles. The second-order valence-corrected chi connectivity index (χ2v) is 7.15. The standard InChI is InChI=1S/C12H14N2O2Si/c1-17(2,15-11-7-3-5-9-13-11)16-12-8-4-6-10-14-12/h3-10H,1-2H3. The van der Waals surface area contributed by atoms with Crippen LogP contribution >= 0.6 is 0 Å². The maximum absolute atomic E-state index is 5.77. The summed E-state index contributed by atoms with van der Waals surface area (Å²) in [5.74, 6) is 1.17. The summed E-state index contributed by atoms with van der Waals surface area (Å²) in [5.41, 5.74) is 0. The summed E-state index contributed by atoms with van der Waals surface area (Å²) in [5, 5.41) is 0. The van der Waals surface area contributed by atoms with Gasteiger partial charge in [0.05, 0.1) is 0 Å². The molecule has 2 aromatic heterocycles. The highest BCUT2D eigenvalue weighted by atomic mass is 28.4. The first-order valence-electron chi connectivity index (χ1n) is 5.36. The Kier molecular flexibility index (Phi) is 3.39. The van der Waals surface area contributed by atoms with E-state index in [2.05, 4.69) is 9.97 Å². The van der Waals surface area contributed by atoms with Crippen LogP contribution in [0.1, 0.15) is 0 Å². The second kappa shape index (κ2) is 4.97. The molecule has 2 rings (SSSR count). The molecule has 0 spiro atoms. The predicted octanol–water partition coefficient (Wildman–Crippen LogP) is 2.64. The number of hydrogen-bond acceptors (Lipinski definition) is 4. The lowest BCUT2D eigenvalue weighted by molar-refractivity contribution is 0.383. The van der Waals surface area contributed by atoms with E-state index in [1.54, 1.807) is 12.4 Å². The normalized spacial score (nSPS) is 10.9. The van der Waals surface area contributed by atoms with Gasteiger partial charge in [-0.25, -0.2) is 9.97 Å². The third kappa shape index (κ3) is 3.56. The van der Waals surface area contributed by atoms with Gasteiger partial charge >= 0.3 is 8.56 Å². The molecule has 0 fully saturated rings. The molecule has 2 aromatic rings. The molecule has 0 aromatic carbocycles. The van der Waals surface area contributed by atoms with Crippen molar-refractivity contribution in [2.45, 2.75) is 13.1 Å². The Morgan fingerprint density at radius 3 is 1.65 bits per heavy atom. The van der Waals surface area contributed by atoms with Crippen LogP contribution in [0, 0.1) is 0 Å². The highest BCUT2D eigenvalue weighted by molar-refractivity contribution is 6.66. The molecule has 0 unspecified atom stereocenters. The molecule has 17 heavy (non-hydrogen) atoms. The maximum atomic E-state index is 5.77. The minimum absolute atomic E-state index is 0.583. The van der Waals surface area contributed by atoms with E-state index in [1.807, 2.05) is 49.5 Å². The Labute approximate surface area is 102 Å². The molecule has 0 atom stereocenters. The SMILES string of the molecule is C[Si](C)(Oc1ccccn1)Oc1ccccn1. The minimum Gasteiger partial charge on any atom is -0.498 e. The van der Waals surface area contributed by atoms with Crippen molar-refractivity contribution in [1.82, 2.24) is 9.97 Å². The van der Waals surface area contributed by atoms with Crippen molar-refractivity contribution in [1.29, 1.82) is 0 Å². The Balaban J connectivity index is 2.04. The van der Waals surface area contributed by atoms with Crippen molar-refractivity contribution in [3.63, 3.8) is 0 Å². The van der Waals surface area contributed by atoms with E-state index in [1.165, 1.54) is 0 Å². The van der Waals surface area contributed by atoms with E-state index in [0.717, 1.165) is 0 Å². The fourth-order valence-corrected chi connectivity index (χ4v) is 2.63. The molecule has 0 aliphatic carbocycles. The van der Waals surface area contributed by atoms with Gasteiger partial charge in [0, 0.05) is 25.5 Å². The summed E-state index contributed by atoms with van der Waals surface area (Å²) in [6, 6.07) is 11.1. The Morgan fingerprint density at radius 1 is 0.824 bits per heavy atom. The third-order valence-electron chi connectivity index (χ3n) is 1.98. The Morgan fingerprint density at radius 2 is 1.29 bits per heavy atom. The van der Waals surface area contributed by atoms with E-state index in [4.69, 9.17) is 8.85 Å². The van der Waals surface area contributed by atoms with E-state index in [9.17, 15) is 0 Å². The lowest BCUT2D eigenvalue weighted by Gasteiger charge is -2.23. The van der Waals surface area contributed by atoms with Crippen molar-refractivity contribution in [3.8, 4) is 11.8 Å². The number of hydrogen-bond donors (Lipinski definition) is 0. The average molecular weight is 246 g/mol. The van der Waals surface area contributed by atoms with E-state index in [0.29, 0.717) is 11.8 Å². The van der Waals surface area contributed by atoms with Gasteiger partial charge in [-0.15, -0.1) is 0 Å². The number of pyridine rings is 2. The van der Waals surface area contributed by atoms with Crippen LogP contribution in [0.5, 0.6) is 11.8 Å². The molecule has 0 radical (unpaired) electrons. The van der Waals surface area contributed by atoms with E-state index < -0.39 is 8.56 Å². The lowest BCUT2D eigenvalue weighted by atomic mass is 10.5. The first-order chi connectivity index (χ1) is 8.16. The smallest absolute Gasteiger partial charge is 0.456 e. The fourth-order valence-electron chi connectivity index (χ4n) is 1.34. The van der Waals surface area contributed by atoms with Gasteiger partial charge in [-0.05, 0) is 24.3 Å². The van der Waals surface area contributed by atoms with Gasteiger partial charge in [0.15, 0.2) is 0 Å². The molecule has 0 amide bonds. The number of nitrogens with zero attached hydrogens (tertiary/aromatic N) is 2. The van der Waals surface area contributed by atoms with Crippen molar-refractivity contribution in [2.24, 2.45) is 0 Å². The molecule has 0 bridgehead atoms. The highest BCUT2D eigenvalue weighted by Gasteiger charge is 2.30. The summed E-state index contributed by atoms with van der Waals surface area (Å²) >= 11 is 0. The van der Waals surface area contributed by atoms with Crippen LogP contribution in [0.2, 0.25) is 13.1 Å². The molecule has 5 heteroatoms. The van der Waals surface area contributed by atoms with Crippen LogP contribution in [0.25, 0.3) is 0 Å². The average Bonchev–Trinajstić information content (AvgIpc) is 2.30. The molecule has 0 saturated carbocycles. The fraction of sp³-hybridized carbons (Fsp3) is 0.167. The van der Waals surface area contributed by atoms with E-state index in [-0.39, 0.29) is 0 Å². The lowest BCUT2D eigenvalue weighted by Crippen LogP contribution is -2.42. The van der Waals surface area contributed by atoms with Crippen LogP contribution in [0.3, 0.4) is 0 Å². The molecule has 0 N–H and O–H groups in total. The van der Waals surface area contributed by atoms with Gasteiger partial charge in [0.1, 0.15) is 0 Å². The van der Waals surface area contributed by atoms with Gasteiger partial charge in [-0.2, -0.15) is 0 Å². The van der Waals surface area contributed by atoms with Gasteiger partial charge < -0.3 is 8.85 Å². The Hall–Kier alpha value is -1.88. The predicted molar refractivity (Wildman–Crippen MR) is 67.2 cm³/mol. The first-order valence-corrected chi connectivity index (χ1v) is 8.17. The molecule has 2 heterocycles.